The minimum atomic E-state index is -0.136. The summed E-state index contributed by atoms with van der Waals surface area (Å²) in [4.78, 5) is 43.4. The van der Waals surface area contributed by atoms with E-state index in [9.17, 15) is 14.4 Å². The third-order valence-corrected chi connectivity index (χ3v) is 9.82. The minimum Gasteiger partial charge on any atom is -0.355 e. The SMILES string of the molecule is CNC(=O)c1cccc2c1CN(CC1CCN(C(=O)C(C)CC3CCCCC3)CC13CCCC3)C2=O. The van der Waals surface area contributed by atoms with Crippen LogP contribution in [0.4, 0.5) is 0 Å². The Bertz CT molecular complexity index is 993. The van der Waals surface area contributed by atoms with Gasteiger partial charge in [-0.3, -0.25) is 14.4 Å². The number of fused-ring (bicyclic) bond motifs is 1. The Morgan fingerprint density at radius 3 is 2.56 bits per heavy atom. The Balaban J connectivity index is 1.26. The summed E-state index contributed by atoms with van der Waals surface area (Å²) in [5.41, 5.74) is 2.25. The summed E-state index contributed by atoms with van der Waals surface area (Å²) in [7, 11) is 1.63. The van der Waals surface area contributed by atoms with Crippen LogP contribution >= 0.6 is 0 Å². The van der Waals surface area contributed by atoms with E-state index in [1.807, 2.05) is 23.1 Å². The van der Waals surface area contributed by atoms with Crippen molar-refractivity contribution in [3.05, 3.63) is 34.9 Å². The van der Waals surface area contributed by atoms with Crippen molar-refractivity contribution in [3.8, 4) is 0 Å². The Morgan fingerprint density at radius 1 is 1.08 bits per heavy atom. The lowest BCUT2D eigenvalue weighted by molar-refractivity contribution is -0.141. The van der Waals surface area contributed by atoms with Crippen LogP contribution in [0.5, 0.6) is 0 Å². The molecule has 1 aromatic rings. The highest BCUT2D eigenvalue weighted by Crippen LogP contribution is 2.49. The Kier molecular flexibility index (Phi) is 7.41. The number of rotatable bonds is 6. The molecule has 2 aliphatic heterocycles. The third kappa shape index (κ3) is 4.80. The first-order valence-electron chi connectivity index (χ1n) is 14.3. The summed E-state index contributed by atoms with van der Waals surface area (Å²) in [5.74, 6) is 1.50. The van der Waals surface area contributed by atoms with Crippen molar-refractivity contribution >= 4 is 17.7 Å². The van der Waals surface area contributed by atoms with Gasteiger partial charge in [-0.2, -0.15) is 0 Å². The van der Waals surface area contributed by atoms with E-state index in [2.05, 4.69) is 17.1 Å². The van der Waals surface area contributed by atoms with Crippen LogP contribution in [0.1, 0.15) is 104 Å². The predicted octanol–water partition coefficient (Wildman–Crippen LogP) is 5.02. The number of carbonyl (C=O) groups is 3. The van der Waals surface area contributed by atoms with E-state index in [0.717, 1.165) is 56.8 Å². The number of hydrogen-bond donors (Lipinski definition) is 1. The van der Waals surface area contributed by atoms with Crippen LogP contribution in [0.15, 0.2) is 18.2 Å². The molecule has 2 atom stereocenters. The normalized spacial score (nSPS) is 24.7. The standard InChI is InChI=1S/C30H43N3O3/c1-21(17-22-9-4-3-5-10-22)28(35)32-16-13-23(30(20-32)14-6-7-15-30)18-33-19-26-24(27(34)31-2)11-8-12-25(26)29(33)36/h8,11-12,21-23H,3-7,9-10,13-20H2,1-2H3,(H,31,34). The fourth-order valence-electron chi connectivity index (χ4n) is 7.81. The molecular formula is C30H43N3O3. The number of amides is 3. The average molecular weight is 494 g/mol. The molecule has 2 saturated carbocycles. The second-order valence-corrected chi connectivity index (χ2v) is 12.1. The number of likely N-dealkylation sites (tertiary alicyclic amines) is 1. The number of hydrogen-bond acceptors (Lipinski definition) is 3. The van der Waals surface area contributed by atoms with Crippen molar-refractivity contribution in [2.45, 2.75) is 84.1 Å². The van der Waals surface area contributed by atoms with Gasteiger partial charge in [0.15, 0.2) is 0 Å². The molecule has 1 saturated heterocycles. The second kappa shape index (κ2) is 10.5. The molecule has 2 unspecified atom stereocenters. The summed E-state index contributed by atoms with van der Waals surface area (Å²) < 4.78 is 0. The van der Waals surface area contributed by atoms with Gasteiger partial charge in [0.1, 0.15) is 0 Å². The van der Waals surface area contributed by atoms with Gasteiger partial charge in [-0.1, -0.05) is 57.9 Å². The molecule has 4 aliphatic rings. The van der Waals surface area contributed by atoms with Gasteiger partial charge in [0.05, 0.1) is 0 Å². The molecule has 0 radical (unpaired) electrons. The highest BCUT2D eigenvalue weighted by atomic mass is 16.2. The summed E-state index contributed by atoms with van der Waals surface area (Å²) in [6, 6.07) is 5.47. The number of benzene rings is 1. The molecule has 2 heterocycles. The van der Waals surface area contributed by atoms with Gasteiger partial charge >= 0.3 is 0 Å². The predicted molar refractivity (Wildman–Crippen MR) is 141 cm³/mol. The number of nitrogens with zero attached hydrogens (tertiary/aromatic N) is 2. The maximum absolute atomic E-state index is 13.5. The van der Waals surface area contributed by atoms with Crippen LogP contribution in [-0.2, 0) is 11.3 Å². The van der Waals surface area contributed by atoms with Gasteiger partial charge < -0.3 is 15.1 Å². The molecule has 1 spiro atoms. The lowest BCUT2D eigenvalue weighted by atomic mass is 9.69. The highest BCUT2D eigenvalue weighted by Gasteiger charge is 2.48. The van der Waals surface area contributed by atoms with E-state index >= 15 is 0 Å². The topological polar surface area (TPSA) is 69.7 Å². The summed E-state index contributed by atoms with van der Waals surface area (Å²) >= 11 is 0. The van der Waals surface area contributed by atoms with Crippen molar-refractivity contribution < 1.29 is 14.4 Å². The molecule has 6 nitrogen and oxygen atoms in total. The van der Waals surface area contributed by atoms with Crippen molar-refractivity contribution in [2.75, 3.05) is 26.7 Å². The zero-order valence-electron chi connectivity index (χ0n) is 22.2. The summed E-state index contributed by atoms with van der Waals surface area (Å²) in [6.45, 7) is 5.03. The van der Waals surface area contributed by atoms with Crippen LogP contribution in [0.25, 0.3) is 0 Å². The van der Waals surface area contributed by atoms with Gasteiger partial charge in [0.2, 0.25) is 5.91 Å². The number of nitrogens with one attached hydrogen (secondary N) is 1. The molecule has 3 fully saturated rings. The van der Waals surface area contributed by atoms with E-state index in [1.165, 1.54) is 44.9 Å². The average Bonchev–Trinajstić information content (AvgIpc) is 3.49. The van der Waals surface area contributed by atoms with E-state index in [0.29, 0.717) is 29.5 Å². The van der Waals surface area contributed by atoms with Gasteiger partial charge in [-0.05, 0) is 60.6 Å². The molecule has 5 rings (SSSR count). The maximum Gasteiger partial charge on any atom is 0.254 e. The highest BCUT2D eigenvalue weighted by molar-refractivity contribution is 6.04. The van der Waals surface area contributed by atoms with Crippen LogP contribution < -0.4 is 5.32 Å². The van der Waals surface area contributed by atoms with Crippen LogP contribution in [0.3, 0.4) is 0 Å². The molecule has 2 aliphatic carbocycles. The first-order chi connectivity index (χ1) is 17.4. The fourth-order valence-corrected chi connectivity index (χ4v) is 7.81. The van der Waals surface area contributed by atoms with Crippen LogP contribution in [0, 0.1) is 23.2 Å². The van der Waals surface area contributed by atoms with E-state index in [-0.39, 0.29) is 23.1 Å². The largest absolute Gasteiger partial charge is 0.355 e. The maximum atomic E-state index is 13.5. The smallest absolute Gasteiger partial charge is 0.254 e. The number of piperidine rings is 1. The number of carbonyl (C=O) groups excluding carboxylic acids is 3. The van der Waals surface area contributed by atoms with Crippen molar-refractivity contribution in [1.82, 2.24) is 15.1 Å². The molecule has 3 amide bonds. The zero-order chi connectivity index (χ0) is 25.3. The molecule has 196 valence electrons. The first-order valence-corrected chi connectivity index (χ1v) is 14.3. The molecule has 1 N–H and O–H groups in total. The molecule has 36 heavy (non-hydrogen) atoms. The Morgan fingerprint density at radius 2 is 1.83 bits per heavy atom. The van der Waals surface area contributed by atoms with E-state index in [4.69, 9.17) is 0 Å². The van der Waals surface area contributed by atoms with Crippen molar-refractivity contribution in [2.24, 2.45) is 23.2 Å². The quantitative estimate of drug-likeness (QED) is 0.605. The van der Waals surface area contributed by atoms with E-state index in [1.54, 1.807) is 7.05 Å². The van der Waals surface area contributed by atoms with Gasteiger partial charge in [-0.15, -0.1) is 0 Å². The molecule has 0 bridgehead atoms. The monoisotopic (exact) mass is 493 g/mol. The van der Waals surface area contributed by atoms with Gasteiger partial charge in [0, 0.05) is 50.3 Å². The summed E-state index contributed by atoms with van der Waals surface area (Å²) in [5, 5.41) is 2.71. The fraction of sp³-hybridized carbons (Fsp3) is 0.700. The molecule has 6 heteroatoms. The van der Waals surface area contributed by atoms with Gasteiger partial charge in [0.25, 0.3) is 11.8 Å². The van der Waals surface area contributed by atoms with Crippen molar-refractivity contribution in [1.29, 1.82) is 0 Å². The molecule has 1 aromatic carbocycles. The lowest BCUT2D eigenvalue weighted by Crippen LogP contribution is -2.53. The van der Waals surface area contributed by atoms with Gasteiger partial charge in [-0.25, -0.2) is 0 Å². The van der Waals surface area contributed by atoms with E-state index < -0.39 is 0 Å². The third-order valence-electron chi connectivity index (χ3n) is 9.82. The summed E-state index contributed by atoms with van der Waals surface area (Å²) in [6.07, 6.45) is 13.3. The minimum absolute atomic E-state index is 0.0449. The lowest BCUT2D eigenvalue weighted by Gasteiger charge is -2.48. The zero-order valence-corrected chi connectivity index (χ0v) is 22.2. The Hall–Kier alpha value is -2.37. The Labute approximate surface area is 216 Å². The van der Waals surface area contributed by atoms with Crippen LogP contribution in [0.2, 0.25) is 0 Å². The molecular weight excluding hydrogens is 450 g/mol. The van der Waals surface area contributed by atoms with Crippen LogP contribution in [-0.4, -0.2) is 54.2 Å². The molecule has 0 aromatic heterocycles. The van der Waals surface area contributed by atoms with Crippen molar-refractivity contribution in [3.63, 3.8) is 0 Å². The first kappa shape index (κ1) is 25.3. The second-order valence-electron chi connectivity index (χ2n) is 12.1.